The molecule has 6 nitrogen and oxygen atoms in total. The number of H-pyrrole nitrogens is 1. The van der Waals surface area contributed by atoms with Crippen LogP contribution in [0.5, 0.6) is 5.75 Å². The summed E-state index contributed by atoms with van der Waals surface area (Å²) in [5.41, 5.74) is 3.22. The Morgan fingerprint density at radius 1 is 1.20 bits per heavy atom. The lowest BCUT2D eigenvalue weighted by Gasteiger charge is -2.11. The van der Waals surface area contributed by atoms with Crippen molar-refractivity contribution in [2.24, 2.45) is 0 Å². The maximum absolute atomic E-state index is 12.6. The molecule has 3 rings (SSSR count). The highest BCUT2D eigenvalue weighted by atomic mass is 16.5. The minimum Gasteiger partial charge on any atom is -0.493 e. The van der Waals surface area contributed by atoms with Crippen molar-refractivity contribution in [1.29, 1.82) is 0 Å². The second kappa shape index (κ2) is 7.90. The maximum Gasteiger partial charge on any atom is 0.204 e. The predicted molar refractivity (Wildman–Crippen MR) is 95.1 cm³/mol. The third-order valence-corrected chi connectivity index (χ3v) is 3.99. The highest BCUT2D eigenvalue weighted by Gasteiger charge is 2.16. The Kier molecular flexibility index (Phi) is 5.40. The van der Waals surface area contributed by atoms with Crippen molar-refractivity contribution in [3.63, 3.8) is 0 Å². The van der Waals surface area contributed by atoms with Crippen molar-refractivity contribution in [3.05, 3.63) is 53.6 Å². The van der Waals surface area contributed by atoms with E-state index in [-0.39, 0.29) is 12.2 Å². The largest absolute Gasteiger partial charge is 0.493 e. The van der Waals surface area contributed by atoms with Gasteiger partial charge in [-0.2, -0.15) is 0 Å². The van der Waals surface area contributed by atoms with Crippen LogP contribution in [0.3, 0.4) is 0 Å². The van der Waals surface area contributed by atoms with Gasteiger partial charge in [0.25, 0.3) is 0 Å². The normalized spacial score (nSPS) is 11.0. The Labute approximate surface area is 146 Å². The number of carbonyl (C=O) groups excluding carboxylic acids is 1. The topological polar surface area (TPSA) is 77.1 Å². The second-order valence-corrected chi connectivity index (χ2v) is 5.78. The molecule has 1 N–H and O–H groups in total. The molecule has 0 bridgehead atoms. The fourth-order valence-corrected chi connectivity index (χ4v) is 2.60. The van der Waals surface area contributed by atoms with Crippen LogP contribution in [0.15, 0.2) is 36.5 Å². The highest BCUT2D eigenvalue weighted by molar-refractivity contribution is 5.97. The number of para-hydroxylation sites is 2. The fourth-order valence-electron chi connectivity index (χ4n) is 2.60. The summed E-state index contributed by atoms with van der Waals surface area (Å²) in [7, 11) is 1.67. The molecule has 0 aliphatic carbocycles. The third-order valence-electron chi connectivity index (χ3n) is 3.99. The summed E-state index contributed by atoms with van der Waals surface area (Å²) < 4.78 is 10.8. The molecular formula is C19H21N3O3. The zero-order valence-corrected chi connectivity index (χ0v) is 14.4. The molecule has 25 heavy (non-hydrogen) atoms. The van der Waals surface area contributed by atoms with E-state index in [4.69, 9.17) is 9.47 Å². The Bertz CT molecular complexity index is 840. The van der Waals surface area contributed by atoms with E-state index in [9.17, 15) is 4.79 Å². The summed E-state index contributed by atoms with van der Waals surface area (Å²) in [5, 5.41) is 0. The molecule has 0 radical (unpaired) electrons. The van der Waals surface area contributed by atoms with Crippen LogP contribution in [0.25, 0.3) is 11.0 Å². The molecule has 0 saturated heterocycles. The first-order chi connectivity index (χ1) is 12.2. The van der Waals surface area contributed by atoms with Gasteiger partial charge < -0.3 is 14.5 Å². The van der Waals surface area contributed by atoms with E-state index < -0.39 is 0 Å². The van der Waals surface area contributed by atoms with Gasteiger partial charge in [0.2, 0.25) is 5.78 Å². The van der Waals surface area contributed by atoms with Gasteiger partial charge in [-0.15, -0.1) is 0 Å². The number of aromatic nitrogens is 3. The lowest BCUT2D eigenvalue weighted by molar-refractivity contribution is 0.0983. The average Bonchev–Trinajstić information content (AvgIpc) is 3.06. The van der Waals surface area contributed by atoms with Gasteiger partial charge in [0.15, 0.2) is 5.82 Å². The maximum atomic E-state index is 12.6. The van der Waals surface area contributed by atoms with Crippen LogP contribution in [0.2, 0.25) is 0 Å². The van der Waals surface area contributed by atoms with Crippen molar-refractivity contribution in [2.45, 2.75) is 19.8 Å². The van der Waals surface area contributed by atoms with E-state index in [1.165, 1.54) is 0 Å². The average molecular weight is 339 g/mol. The third kappa shape index (κ3) is 4.03. The number of imidazole rings is 1. The van der Waals surface area contributed by atoms with Crippen LogP contribution < -0.4 is 4.74 Å². The molecule has 0 spiro atoms. The Hall–Kier alpha value is -2.73. The molecule has 0 amide bonds. The summed E-state index contributed by atoms with van der Waals surface area (Å²) in [6, 6.07) is 9.40. The molecule has 1 aromatic carbocycles. The van der Waals surface area contributed by atoms with Crippen LogP contribution in [0.4, 0.5) is 0 Å². The van der Waals surface area contributed by atoms with Crippen LogP contribution >= 0.6 is 0 Å². The van der Waals surface area contributed by atoms with Gasteiger partial charge in [-0.3, -0.25) is 9.78 Å². The van der Waals surface area contributed by atoms with E-state index in [1.54, 1.807) is 13.3 Å². The smallest absolute Gasteiger partial charge is 0.204 e. The SMILES string of the molecule is COCCCOc1ccnc(CC(=O)c2nc3ccccc3[nH]2)c1C. The van der Waals surface area contributed by atoms with Crippen molar-refractivity contribution < 1.29 is 14.3 Å². The van der Waals surface area contributed by atoms with E-state index in [0.717, 1.165) is 28.8 Å². The summed E-state index contributed by atoms with van der Waals surface area (Å²) in [6.45, 7) is 3.14. The number of methoxy groups -OCH3 is 1. The lowest BCUT2D eigenvalue weighted by atomic mass is 10.1. The van der Waals surface area contributed by atoms with Gasteiger partial charge in [-0.05, 0) is 25.1 Å². The molecule has 0 atom stereocenters. The van der Waals surface area contributed by atoms with E-state index in [1.807, 2.05) is 37.3 Å². The van der Waals surface area contributed by atoms with Gasteiger partial charge in [0.05, 0.1) is 29.8 Å². The monoisotopic (exact) mass is 339 g/mol. The first-order valence-corrected chi connectivity index (χ1v) is 8.23. The number of hydrogen-bond donors (Lipinski definition) is 1. The number of nitrogens with one attached hydrogen (secondary N) is 1. The van der Waals surface area contributed by atoms with Crippen LogP contribution in [-0.2, 0) is 11.2 Å². The molecule has 0 unspecified atom stereocenters. The molecule has 0 fully saturated rings. The van der Waals surface area contributed by atoms with Crippen LogP contribution in [0.1, 0.15) is 28.3 Å². The van der Waals surface area contributed by atoms with E-state index in [0.29, 0.717) is 24.7 Å². The molecule has 0 aliphatic heterocycles. The number of carbonyl (C=O) groups is 1. The van der Waals surface area contributed by atoms with Crippen LogP contribution in [-0.4, -0.2) is 41.1 Å². The summed E-state index contributed by atoms with van der Waals surface area (Å²) in [4.78, 5) is 24.3. The molecule has 130 valence electrons. The molecule has 2 heterocycles. The lowest BCUT2D eigenvalue weighted by Crippen LogP contribution is -2.10. The van der Waals surface area contributed by atoms with Crippen molar-refractivity contribution in [1.82, 2.24) is 15.0 Å². The summed E-state index contributed by atoms with van der Waals surface area (Å²) >= 11 is 0. The minimum atomic E-state index is -0.0941. The fraction of sp³-hybridized carbons (Fsp3) is 0.316. The number of ketones is 1. The van der Waals surface area contributed by atoms with Gasteiger partial charge >= 0.3 is 0 Å². The number of rotatable bonds is 8. The number of ether oxygens (including phenoxy) is 2. The standard InChI is InChI=1S/C19H21N3O3/c1-13-16(20-9-8-18(13)25-11-5-10-24-2)12-17(23)19-21-14-6-3-4-7-15(14)22-19/h3-4,6-9H,5,10-12H2,1-2H3,(H,21,22). The summed E-state index contributed by atoms with van der Waals surface area (Å²) in [5.74, 6) is 1.01. The molecular weight excluding hydrogens is 318 g/mol. The van der Waals surface area contributed by atoms with Gasteiger partial charge in [-0.1, -0.05) is 12.1 Å². The zero-order valence-electron chi connectivity index (χ0n) is 14.4. The number of nitrogens with zero attached hydrogens (tertiary/aromatic N) is 2. The van der Waals surface area contributed by atoms with Gasteiger partial charge in [-0.25, -0.2) is 4.98 Å². The highest BCUT2D eigenvalue weighted by Crippen LogP contribution is 2.21. The Balaban J connectivity index is 1.72. The van der Waals surface area contributed by atoms with Crippen molar-refractivity contribution >= 4 is 16.8 Å². The van der Waals surface area contributed by atoms with Gasteiger partial charge in [0, 0.05) is 31.9 Å². The number of pyridine rings is 1. The predicted octanol–water partition coefficient (Wildman–Crippen LogP) is 3.11. The minimum absolute atomic E-state index is 0.0941. The van der Waals surface area contributed by atoms with E-state index in [2.05, 4.69) is 15.0 Å². The molecule has 0 saturated carbocycles. The van der Waals surface area contributed by atoms with Crippen molar-refractivity contribution in [2.75, 3.05) is 20.3 Å². The zero-order chi connectivity index (χ0) is 17.6. The number of benzene rings is 1. The Morgan fingerprint density at radius 2 is 2.04 bits per heavy atom. The summed E-state index contributed by atoms with van der Waals surface area (Å²) in [6.07, 6.45) is 2.66. The van der Waals surface area contributed by atoms with Gasteiger partial charge in [0.1, 0.15) is 5.75 Å². The number of hydrogen-bond acceptors (Lipinski definition) is 5. The second-order valence-electron chi connectivity index (χ2n) is 5.78. The molecule has 6 heteroatoms. The number of aromatic amines is 1. The number of Topliss-reactive ketones (excluding diaryl/α,β-unsaturated/α-hetero) is 1. The molecule has 0 aliphatic rings. The number of fused-ring (bicyclic) bond motifs is 1. The first-order valence-electron chi connectivity index (χ1n) is 8.23. The van der Waals surface area contributed by atoms with E-state index >= 15 is 0 Å². The molecule has 2 aromatic heterocycles. The Morgan fingerprint density at radius 3 is 2.84 bits per heavy atom. The van der Waals surface area contributed by atoms with Crippen LogP contribution in [0, 0.1) is 6.92 Å². The first kappa shape index (κ1) is 17.1. The van der Waals surface area contributed by atoms with Crippen molar-refractivity contribution in [3.8, 4) is 5.75 Å². The molecule has 3 aromatic rings. The quantitative estimate of drug-likeness (QED) is 0.504.